The number of nitrogens with zero attached hydrogens (tertiary/aromatic N) is 1. The number of hydrogen-bond donors (Lipinski definition) is 4. The second kappa shape index (κ2) is 8.37. The molecule has 2 rings (SSSR count). The van der Waals surface area contributed by atoms with Crippen molar-refractivity contribution < 1.29 is 19.4 Å². The molecule has 0 spiro atoms. The van der Waals surface area contributed by atoms with E-state index in [4.69, 9.17) is 4.74 Å². The summed E-state index contributed by atoms with van der Waals surface area (Å²) in [5, 5.41) is 17.3. The SMILES string of the molecule is COc1ccccc1NC(=O)NCCNC(=O)c1ncccc1O. The Balaban J connectivity index is 1.75. The minimum atomic E-state index is -0.514. The summed E-state index contributed by atoms with van der Waals surface area (Å²) in [6.07, 6.45) is 1.41. The third-order valence-electron chi connectivity index (χ3n) is 3.05. The third kappa shape index (κ3) is 4.60. The number of carbonyl (C=O) groups is 2. The average molecular weight is 330 g/mol. The molecule has 4 N–H and O–H groups in total. The first-order valence-electron chi connectivity index (χ1n) is 7.22. The van der Waals surface area contributed by atoms with Crippen molar-refractivity contribution in [1.82, 2.24) is 15.6 Å². The summed E-state index contributed by atoms with van der Waals surface area (Å²) in [6, 6.07) is 9.49. The predicted octanol–water partition coefficient (Wildman–Crippen LogP) is 1.35. The molecule has 0 aliphatic rings. The van der Waals surface area contributed by atoms with Gasteiger partial charge in [-0.3, -0.25) is 4.79 Å². The van der Waals surface area contributed by atoms with Crippen molar-refractivity contribution in [2.75, 3.05) is 25.5 Å². The summed E-state index contributed by atoms with van der Waals surface area (Å²) in [5.41, 5.74) is 0.482. The molecule has 0 aliphatic heterocycles. The number of hydrogen-bond acceptors (Lipinski definition) is 5. The molecular formula is C16H18N4O4. The number of nitrogens with one attached hydrogen (secondary N) is 3. The van der Waals surface area contributed by atoms with Gasteiger partial charge in [-0.1, -0.05) is 12.1 Å². The summed E-state index contributed by atoms with van der Waals surface area (Å²) in [6.45, 7) is 0.397. The highest BCUT2D eigenvalue weighted by Gasteiger charge is 2.11. The van der Waals surface area contributed by atoms with Gasteiger partial charge in [-0.05, 0) is 24.3 Å². The molecule has 0 fully saturated rings. The number of pyridine rings is 1. The Morgan fingerprint density at radius 1 is 1.12 bits per heavy atom. The number of benzene rings is 1. The zero-order valence-corrected chi connectivity index (χ0v) is 13.1. The number of aromatic hydroxyl groups is 1. The van der Waals surface area contributed by atoms with Crippen molar-refractivity contribution in [3.05, 3.63) is 48.3 Å². The molecule has 0 saturated carbocycles. The maximum Gasteiger partial charge on any atom is 0.319 e. The number of rotatable bonds is 6. The standard InChI is InChI=1S/C16H18N4O4/c1-24-13-7-3-2-5-11(13)20-16(23)19-10-9-18-15(22)14-12(21)6-4-8-17-14/h2-8,21H,9-10H2,1H3,(H,18,22)(H2,19,20,23). The van der Waals surface area contributed by atoms with Crippen LogP contribution in [0.4, 0.5) is 10.5 Å². The second-order valence-electron chi connectivity index (χ2n) is 4.71. The molecule has 0 radical (unpaired) electrons. The highest BCUT2D eigenvalue weighted by molar-refractivity contribution is 5.94. The van der Waals surface area contributed by atoms with E-state index in [1.165, 1.54) is 25.4 Å². The van der Waals surface area contributed by atoms with Crippen molar-refractivity contribution >= 4 is 17.6 Å². The molecule has 0 atom stereocenters. The van der Waals surface area contributed by atoms with Gasteiger partial charge in [0.2, 0.25) is 0 Å². The molecule has 1 aromatic carbocycles. The largest absolute Gasteiger partial charge is 0.505 e. The molecule has 8 heteroatoms. The lowest BCUT2D eigenvalue weighted by Crippen LogP contribution is -2.37. The number of aromatic nitrogens is 1. The first kappa shape index (κ1) is 17.1. The summed E-state index contributed by atoms with van der Waals surface area (Å²) >= 11 is 0. The molecule has 0 unspecified atom stereocenters. The van der Waals surface area contributed by atoms with Gasteiger partial charge in [0, 0.05) is 19.3 Å². The predicted molar refractivity (Wildman–Crippen MR) is 88.3 cm³/mol. The van der Waals surface area contributed by atoms with E-state index in [-0.39, 0.29) is 24.5 Å². The van der Waals surface area contributed by atoms with Crippen LogP contribution in [-0.2, 0) is 0 Å². The minimum absolute atomic E-state index is 0.0593. The van der Waals surface area contributed by atoms with Crippen molar-refractivity contribution in [3.63, 3.8) is 0 Å². The van der Waals surface area contributed by atoms with Crippen LogP contribution in [0.3, 0.4) is 0 Å². The zero-order chi connectivity index (χ0) is 17.4. The summed E-state index contributed by atoms with van der Waals surface area (Å²) in [4.78, 5) is 27.4. The number of anilines is 1. The number of para-hydroxylation sites is 2. The molecule has 1 aromatic heterocycles. The van der Waals surface area contributed by atoms with Crippen LogP contribution in [0, 0.1) is 0 Å². The van der Waals surface area contributed by atoms with E-state index in [0.717, 1.165) is 0 Å². The van der Waals surface area contributed by atoms with E-state index in [0.29, 0.717) is 11.4 Å². The van der Waals surface area contributed by atoms with Gasteiger partial charge in [0.05, 0.1) is 12.8 Å². The molecule has 24 heavy (non-hydrogen) atoms. The Kier molecular flexibility index (Phi) is 5.95. The molecule has 1 heterocycles. The van der Waals surface area contributed by atoms with Crippen LogP contribution in [-0.4, -0.2) is 42.2 Å². The van der Waals surface area contributed by atoms with E-state index in [9.17, 15) is 14.7 Å². The zero-order valence-electron chi connectivity index (χ0n) is 13.1. The fourth-order valence-corrected chi connectivity index (χ4v) is 1.92. The number of methoxy groups -OCH3 is 1. The van der Waals surface area contributed by atoms with Gasteiger partial charge in [0.1, 0.15) is 11.5 Å². The first-order valence-corrected chi connectivity index (χ1v) is 7.22. The van der Waals surface area contributed by atoms with Gasteiger partial charge in [0.25, 0.3) is 5.91 Å². The average Bonchev–Trinajstić information content (AvgIpc) is 2.59. The molecular weight excluding hydrogens is 312 g/mol. The Hall–Kier alpha value is -3.29. The normalized spacial score (nSPS) is 9.88. The van der Waals surface area contributed by atoms with Gasteiger partial charge < -0.3 is 25.8 Å². The lowest BCUT2D eigenvalue weighted by atomic mass is 10.3. The number of amides is 3. The molecule has 8 nitrogen and oxygen atoms in total. The topological polar surface area (TPSA) is 113 Å². The van der Waals surface area contributed by atoms with Crippen LogP contribution >= 0.6 is 0 Å². The first-order chi connectivity index (χ1) is 11.6. The van der Waals surface area contributed by atoms with E-state index in [1.807, 2.05) is 0 Å². The van der Waals surface area contributed by atoms with Gasteiger partial charge in [-0.25, -0.2) is 9.78 Å². The Bertz CT molecular complexity index is 721. The van der Waals surface area contributed by atoms with Crippen LogP contribution in [0.1, 0.15) is 10.5 Å². The monoisotopic (exact) mass is 330 g/mol. The number of carbonyl (C=O) groups excluding carboxylic acids is 2. The third-order valence-corrected chi connectivity index (χ3v) is 3.05. The van der Waals surface area contributed by atoms with E-state index >= 15 is 0 Å². The van der Waals surface area contributed by atoms with Gasteiger partial charge >= 0.3 is 6.03 Å². The van der Waals surface area contributed by atoms with E-state index < -0.39 is 11.9 Å². The van der Waals surface area contributed by atoms with Crippen LogP contribution in [0.2, 0.25) is 0 Å². The fourth-order valence-electron chi connectivity index (χ4n) is 1.92. The van der Waals surface area contributed by atoms with E-state index in [1.54, 1.807) is 24.3 Å². The maximum atomic E-state index is 11.8. The summed E-state index contributed by atoms with van der Waals surface area (Å²) in [5.74, 6) is -0.163. The number of urea groups is 1. The van der Waals surface area contributed by atoms with Crippen molar-refractivity contribution in [3.8, 4) is 11.5 Å². The molecule has 0 bridgehead atoms. The summed E-state index contributed by atoms with van der Waals surface area (Å²) < 4.78 is 5.13. The Morgan fingerprint density at radius 2 is 1.88 bits per heavy atom. The van der Waals surface area contributed by atoms with Gasteiger partial charge in [-0.15, -0.1) is 0 Å². The molecule has 2 aromatic rings. The van der Waals surface area contributed by atoms with Crippen LogP contribution in [0.5, 0.6) is 11.5 Å². The second-order valence-corrected chi connectivity index (χ2v) is 4.71. The van der Waals surface area contributed by atoms with Crippen LogP contribution in [0.15, 0.2) is 42.6 Å². The van der Waals surface area contributed by atoms with Crippen molar-refractivity contribution in [2.45, 2.75) is 0 Å². The van der Waals surface area contributed by atoms with Crippen LogP contribution in [0.25, 0.3) is 0 Å². The molecule has 126 valence electrons. The minimum Gasteiger partial charge on any atom is -0.505 e. The van der Waals surface area contributed by atoms with Crippen molar-refractivity contribution in [2.24, 2.45) is 0 Å². The Morgan fingerprint density at radius 3 is 2.62 bits per heavy atom. The molecule has 3 amide bonds. The highest BCUT2D eigenvalue weighted by Crippen LogP contribution is 2.22. The van der Waals surface area contributed by atoms with E-state index in [2.05, 4.69) is 20.9 Å². The fraction of sp³-hybridized carbons (Fsp3) is 0.188. The van der Waals surface area contributed by atoms with Crippen LogP contribution < -0.4 is 20.7 Å². The number of ether oxygens (including phenoxy) is 1. The lowest BCUT2D eigenvalue weighted by molar-refractivity contribution is 0.0946. The Labute approximate surface area is 138 Å². The maximum absolute atomic E-state index is 11.8. The highest BCUT2D eigenvalue weighted by atomic mass is 16.5. The van der Waals surface area contributed by atoms with Gasteiger partial charge in [0.15, 0.2) is 5.69 Å². The molecule has 0 saturated heterocycles. The smallest absolute Gasteiger partial charge is 0.319 e. The van der Waals surface area contributed by atoms with Gasteiger partial charge in [-0.2, -0.15) is 0 Å². The molecule has 0 aliphatic carbocycles. The summed E-state index contributed by atoms with van der Waals surface area (Å²) in [7, 11) is 1.51. The lowest BCUT2D eigenvalue weighted by Gasteiger charge is -2.11. The quantitative estimate of drug-likeness (QED) is 0.597. The van der Waals surface area contributed by atoms with Crippen molar-refractivity contribution in [1.29, 1.82) is 0 Å².